The Labute approximate surface area is 182 Å². The Morgan fingerprint density at radius 2 is 1.90 bits per heavy atom. The molecule has 1 spiro atoms. The fourth-order valence-electron chi connectivity index (χ4n) is 4.71. The highest BCUT2D eigenvalue weighted by Gasteiger charge is 2.45. The molecule has 0 unspecified atom stereocenters. The van der Waals surface area contributed by atoms with Crippen LogP contribution in [0.5, 0.6) is 5.75 Å². The molecule has 2 aromatic carbocycles. The molecule has 31 heavy (non-hydrogen) atoms. The van der Waals surface area contributed by atoms with Crippen molar-refractivity contribution in [2.24, 2.45) is 11.8 Å². The van der Waals surface area contributed by atoms with Crippen LogP contribution in [0.2, 0.25) is 5.02 Å². The van der Waals surface area contributed by atoms with Gasteiger partial charge < -0.3 is 10.1 Å². The molecule has 0 bridgehead atoms. The highest BCUT2D eigenvalue weighted by molar-refractivity contribution is 6.30. The predicted octanol–water partition coefficient (Wildman–Crippen LogP) is 6.59. The summed E-state index contributed by atoms with van der Waals surface area (Å²) in [4.78, 5) is 12.6. The van der Waals surface area contributed by atoms with E-state index in [-0.39, 0.29) is 33.9 Å². The van der Waals surface area contributed by atoms with E-state index in [9.17, 15) is 22.4 Å². The first-order valence-electron chi connectivity index (χ1n) is 10.2. The molecule has 2 aliphatic rings. The van der Waals surface area contributed by atoms with Crippen LogP contribution in [-0.2, 0) is 16.4 Å². The maximum Gasteiger partial charge on any atom is 0.416 e. The van der Waals surface area contributed by atoms with Crippen LogP contribution in [0, 0.1) is 17.7 Å². The minimum atomic E-state index is -4.40. The lowest BCUT2D eigenvalue weighted by molar-refractivity contribution is -0.137. The van der Waals surface area contributed by atoms with Crippen molar-refractivity contribution in [2.45, 2.75) is 44.2 Å². The van der Waals surface area contributed by atoms with Crippen molar-refractivity contribution in [3.63, 3.8) is 0 Å². The van der Waals surface area contributed by atoms with Gasteiger partial charge in [0.05, 0.1) is 17.9 Å². The van der Waals surface area contributed by atoms with E-state index in [0.29, 0.717) is 12.4 Å². The summed E-state index contributed by atoms with van der Waals surface area (Å²) in [5.74, 6) is -0.785. The Hall–Kier alpha value is -2.28. The van der Waals surface area contributed by atoms with E-state index in [1.807, 2.05) is 6.92 Å². The summed E-state index contributed by atoms with van der Waals surface area (Å²) in [6, 6.07) is 7.81. The van der Waals surface area contributed by atoms with Crippen LogP contribution in [0.25, 0.3) is 0 Å². The van der Waals surface area contributed by atoms with Gasteiger partial charge in [0.15, 0.2) is 0 Å². The molecule has 1 fully saturated rings. The first-order chi connectivity index (χ1) is 14.6. The first kappa shape index (κ1) is 21.9. The van der Waals surface area contributed by atoms with Crippen molar-refractivity contribution in [1.29, 1.82) is 0 Å². The molecule has 1 heterocycles. The number of amides is 1. The summed E-state index contributed by atoms with van der Waals surface area (Å²) in [7, 11) is 0. The predicted molar refractivity (Wildman–Crippen MR) is 110 cm³/mol. The lowest BCUT2D eigenvalue weighted by Crippen LogP contribution is -2.37. The summed E-state index contributed by atoms with van der Waals surface area (Å²) in [6.07, 6.45) is -1.48. The summed E-state index contributed by atoms with van der Waals surface area (Å²) < 4.78 is 58.6. The van der Waals surface area contributed by atoms with Crippen LogP contribution < -0.4 is 10.1 Å². The summed E-state index contributed by atoms with van der Waals surface area (Å²) in [6.45, 7) is 2.17. The molecular weight excluding hydrogens is 434 g/mol. The maximum atomic E-state index is 14.0. The van der Waals surface area contributed by atoms with E-state index in [1.165, 1.54) is 18.2 Å². The molecular formula is C23H22ClF4NO2. The quantitative estimate of drug-likeness (QED) is 0.530. The Balaban J connectivity index is 1.42. The van der Waals surface area contributed by atoms with Gasteiger partial charge in [0.2, 0.25) is 5.91 Å². The number of fused-ring (bicyclic) bond motifs is 2. The van der Waals surface area contributed by atoms with Crippen molar-refractivity contribution in [3.8, 4) is 5.75 Å². The molecule has 1 aliphatic heterocycles. The van der Waals surface area contributed by atoms with Gasteiger partial charge in [0.1, 0.15) is 11.6 Å². The summed E-state index contributed by atoms with van der Waals surface area (Å²) in [5.41, 5.74) is -0.114. The van der Waals surface area contributed by atoms with Crippen LogP contribution >= 0.6 is 11.6 Å². The Morgan fingerprint density at radius 3 is 2.55 bits per heavy atom. The highest BCUT2D eigenvalue weighted by Crippen LogP contribution is 2.51. The fraction of sp³-hybridized carbons (Fsp3) is 0.435. The van der Waals surface area contributed by atoms with Gasteiger partial charge in [-0.25, -0.2) is 4.39 Å². The zero-order valence-corrected chi connectivity index (χ0v) is 17.6. The molecule has 3 nitrogen and oxygen atoms in total. The lowest BCUT2D eigenvalue weighted by atomic mass is 9.65. The molecule has 166 valence electrons. The molecule has 4 rings (SSSR count). The molecule has 1 saturated carbocycles. The minimum absolute atomic E-state index is 0.0899. The standard InChI is InChI=1S/C23H22ClF4NO2/c1-13(21(30)29-19-5-3-16(24)11-18(19)25)14-6-8-22(9-7-14)12-31-20-10-15(23(26,27)28)2-4-17(20)22/h2-5,10-11,13-14H,6-9,12H2,1H3,(H,29,30)/t13-,14-,22-/m0/s1. The molecule has 8 heteroatoms. The number of ether oxygens (including phenoxy) is 1. The van der Waals surface area contributed by atoms with Crippen molar-refractivity contribution in [3.05, 3.63) is 58.4 Å². The van der Waals surface area contributed by atoms with Gasteiger partial charge in [0, 0.05) is 21.9 Å². The monoisotopic (exact) mass is 455 g/mol. The third-order valence-corrected chi connectivity index (χ3v) is 6.92. The Morgan fingerprint density at radius 1 is 1.19 bits per heavy atom. The van der Waals surface area contributed by atoms with Gasteiger partial charge in [-0.15, -0.1) is 0 Å². The maximum absolute atomic E-state index is 14.0. The van der Waals surface area contributed by atoms with Crippen LogP contribution in [0.1, 0.15) is 43.7 Å². The Kier molecular flexibility index (Phi) is 5.66. The smallest absolute Gasteiger partial charge is 0.416 e. The van der Waals surface area contributed by atoms with E-state index in [4.69, 9.17) is 16.3 Å². The second-order valence-corrected chi connectivity index (χ2v) is 8.95. The Bertz CT molecular complexity index is 1000. The van der Waals surface area contributed by atoms with Crippen LogP contribution in [0.15, 0.2) is 36.4 Å². The topological polar surface area (TPSA) is 38.3 Å². The minimum Gasteiger partial charge on any atom is -0.492 e. The second-order valence-electron chi connectivity index (χ2n) is 8.52. The van der Waals surface area contributed by atoms with Crippen LogP contribution in [-0.4, -0.2) is 12.5 Å². The molecule has 1 amide bonds. The highest BCUT2D eigenvalue weighted by atomic mass is 35.5. The van der Waals surface area contributed by atoms with Gasteiger partial charge in [0.25, 0.3) is 0 Å². The normalized spacial score (nSPS) is 23.9. The van der Waals surface area contributed by atoms with E-state index in [2.05, 4.69) is 5.32 Å². The molecule has 1 N–H and O–H groups in total. The third kappa shape index (κ3) is 4.25. The number of carbonyl (C=O) groups is 1. The van der Waals surface area contributed by atoms with Gasteiger partial charge >= 0.3 is 6.18 Å². The van der Waals surface area contributed by atoms with Gasteiger partial charge in [-0.2, -0.15) is 13.2 Å². The van der Waals surface area contributed by atoms with Crippen molar-refractivity contribution in [2.75, 3.05) is 11.9 Å². The number of anilines is 1. The lowest BCUT2D eigenvalue weighted by Gasteiger charge is -2.38. The molecule has 1 atom stereocenters. The summed E-state index contributed by atoms with van der Waals surface area (Å²) >= 11 is 5.75. The SMILES string of the molecule is C[C@H](C(=O)Nc1ccc(Cl)cc1F)[C@H]1CC[C@]2(CC1)COc1cc(C(F)(F)F)ccc12. The zero-order chi connectivity index (χ0) is 22.4. The number of halogens is 5. The van der Waals surface area contributed by atoms with E-state index >= 15 is 0 Å². The van der Waals surface area contributed by atoms with Crippen LogP contribution in [0.3, 0.4) is 0 Å². The average molecular weight is 456 g/mol. The fourth-order valence-corrected chi connectivity index (χ4v) is 4.87. The first-order valence-corrected chi connectivity index (χ1v) is 10.6. The van der Waals surface area contributed by atoms with Crippen molar-refractivity contribution in [1.82, 2.24) is 0 Å². The largest absolute Gasteiger partial charge is 0.492 e. The number of hydrogen-bond donors (Lipinski definition) is 1. The number of hydrogen-bond acceptors (Lipinski definition) is 2. The number of nitrogens with one attached hydrogen (secondary N) is 1. The number of alkyl halides is 3. The second kappa shape index (κ2) is 8.01. The summed E-state index contributed by atoms with van der Waals surface area (Å²) in [5, 5.41) is 2.88. The molecule has 0 radical (unpaired) electrons. The number of benzene rings is 2. The molecule has 0 aromatic heterocycles. The average Bonchev–Trinajstić information content (AvgIpc) is 3.07. The van der Waals surface area contributed by atoms with E-state index in [0.717, 1.165) is 49.4 Å². The van der Waals surface area contributed by atoms with Gasteiger partial charge in [-0.1, -0.05) is 24.6 Å². The van der Waals surface area contributed by atoms with E-state index in [1.54, 1.807) is 0 Å². The molecule has 2 aromatic rings. The van der Waals surface area contributed by atoms with Crippen molar-refractivity contribution < 1.29 is 27.1 Å². The third-order valence-electron chi connectivity index (χ3n) is 6.68. The zero-order valence-electron chi connectivity index (χ0n) is 16.9. The van der Waals surface area contributed by atoms with Crippen molar-refractivity contribution >= 4 is 23.2 Å². The molecule has 0 saturated heterocycles. The van der Waals surface area contributed by atoms with Crippen LogP contribution in [0.4, 0.5) is 23.2 Å². The molecule has 1 aliphatic carbocycles. The van der Waals surface area contributed by atoms with Gasteiger partial charge in [-0.3, -0.25) is 4.79 Å². The van der Waals surface area contributed by atoms with E-state index < -0.39 is 17.6 Å². The van der Waals surface area contributed by atoms with Gasteiger partial charge in [-0.05, 0) is 61.9 Å². The number of carbonyl (C=O) groups excluding carboxylic acids is 1. The number of rotatable bonds is 3.